The van der Waals surface area contributed by atoms with E-state index in [0.717, 1.165) is 5.30 Å². The largest absolute Gasteiger partial charge is 0.204 e. The fourth-order valence-electron chi connectivity index (χ4n) is 0.594. The first kappa shape index (κ1) is 6.37. The summed E-state index contributed by atoms with van der Waals surface area (Å²) in [5.74, 6) is 0. The molecule has 2 nitrogen and oxygen atoms in total. The predicted octanol–water partition coefficient (Wildman–Crippen LogP) is 1.85. The maximum absolute atomic E-state index is 6.66. The van der Waals surface area contributed by atoms with Crippen molar-refractivity contribution in [2.45, 2.75) is 0 Å². The summed E-state index contributed by atoms with van der Waals surface area (Å²) in [4.78, 5) is 0. The zero-order valence-electron chi connectivity index (χ0n) is 4.83. The third kappa shape index (κ3) is 1.58. The Hall–Kier alpha value is -0.750. The lowest BCUT2D eigenvalue weighted by Gasteiger charge is -1.90. The summed E-state index contributed by atoms with van der Waals surface area (Å²) in [6.45, 7) is 0. The minimum Gasteiger partial charge on any atom is -0.204 e. The van der Waals surface area contributed by atoms with Gasteiger partial charge >= 0.3 is 0 Å². The van der Waals surface area contributed by atoms with E-state index in [4.69, 9.17) is 5.53 Å². The second-order valence-electron chi connectivity index (χ2n) is 1.71. The average molecular weight is 138 g/mol. The highest BCUT2D eigenvalue weighted by atomic mass is 31.0. The summed E-state index contributed by atoms with van der Waals surface area (Å²) in [6.07, 6.45) is 0. The van der Waals surface area contributed by atoms with Crippen molar-refractivity contribution in [1.82, 2.24) is 0 Å². The van der Waals surface area contributed by atoms with Crippen LogP contribution in [0.1, 0.15) is 0 Å². The average Bonchev–Trinajstić information content (AvgIpc) is 1.88. The summed E-state index contributed by atoms with van der Waals surface area (Å²) < 4.78 is 0. The molecule has 0 radical (unpaired) electrons. The topological polar surface area (TPSA) is 36.2 Å². The van der Waals surface area contributed by atoms with Crippen LogP contribution in [-0.4, -0.2) is 0 Å². The molecule has 1 N–H and O–H groups in total. The first-order chi connectivity index (χ1) is 4.33. The SMILES string of the molecule is N=Nc1cccc(P)c1. The third-order valence-corrected chi connectivity index (χ3v) is 1.36. The molecule has 0 spiro atoms. The molecule has 0 aliphatic carbocycles. The molecule has 0 bridgehead atoms. The van der Waals surface area contributed by atoms with E-state index < -0.39 is 0 Å². The van der Waals surface area contributed by atoms with Crippen LogP contribution >= 0.6 is 9.24 Å². The van der Waals surface area contributed by atoms with Gasteiger partial charge in [0.25, 0.3) is 0 Å². The minimum atomic E-state index is 0.697. The van der Waals surface area contributed by atoms with Crippen LogP contribution < -0.4 is 5.30 Å². The Bertz CT molecular complexity index is 222. The van der Waals surface area contributed by atoms with Crippen LogP contribution in [0.4, 0.5) is 5.69 Å². The van der Waals surface area contributed by atoms with Gasteiger partial charge in [-0.05, 0) is 17.4 Å². The van der Waals surface area contributed by atoms with Crippen molar-refractivity contribution in [1.29, 1.82) is 5.53 Å². The van der Waals surface area contributed by atoms with Crippen molar-refractivity contribution in [3.05, 3.63) is 24.3 Å². The standard InChI is InChI=1S/C6H7N2P/c7-8-5-2-1-3-6(9)4-5/h1-4,7H,9H2. The van der Waals surface area contributed by atoms with E-state index in [1.54, 1.807) is 6.07 Å². The Morgan fingerprint density at radius 2 is 2.22 bits per heavy atom. The molecule has 0 amide bonds. The van der Waals surface area contributed by atoms with E-state index in [0.29, 0.717) is 5.69 Å². The molecule has 0 aliphatic heterocycles. The highest BCUT2D eigenvalue weighted by molar-refractivity contribution is 7.27. The first-order valence-corrected chi connectivity index (χ1v) is 3.13. The lowest BCUT2D eigenvalue weighted by atomic mass is 10.3. The third-order valence-electron chi connectivity index (χ3n) is 0.999. The van der Waals surface area contributed by atoms with Crippen LogP contribution in [0.25, 0.3) is 0 Å². The van der Waals surface area contributed by atoms with Crippen molar-refractivity contribution in [2.75, 3.05) is 0 Å². The molecule has 0 aromatic heterocycles. The summed E-state index contributed by atoms with van der Waals surface area (Å²) in [6, 6.07) is 7.44. The number of nitrogens with one attached hydrogen (secondary N) is 1. The Balaban J connectivity index is 3.07. The predicted molar refractivity (Wildman–Crippen MR) is 40.6 cm³/mol. The second kappa shape index (κ2) is 2.70. The van der Waals surface area contributed by atoms with Gasteiger partial charge in [-0.2, -0.15) is 5.11 Å². The molecule has 1 unspecified atom stereocenters. The summed E-state index contributed by atoms with van der Waals surface area (Å²) in [5, 5.41) is 4.33. The van der Waals surface area contributed by atoms with Crippen LogP contribution in [0.5, 0.6) is 0 Å². The van der Waals surface area contributed by atoms with Crippen molar-refractivity contribution >= 4 is 20.2 Å². The van der Waals surface area contributed by atoms with Gasteiger partial charge in [0.2, 0.25) is 0 Å². The van der Waals surface area contributed by atoms with Gasteiger partial charge < -0.3 is 0 Å². The van der Waals surface area contributed by atoms with Gasteiger partial charge in [-0.3, -0.25) is 0 Å². The second-order valence-corrected chi connectivity index (χ2v) is 2.37. The van der Waals surface area contributed by atoms with Gasteiger partial charge in [0, 0.05) is 0 Å². The summed E-state index contributed by atoms with van der Waals surface area (Å²) in [7, 11) is 2.55. The van der Waals surface area contributed by atoms with Crippen LogP contribution in [0.2, 0.25) is 0 Å². The summed E-state index contributed by atoms with van der Waals surface area (Å²) >= 11 is 0. The molecular formula is C6H7N2P. The maximum atomic E-state index is 6.66. The van der Waals surface area contributed by atoms with Gasteiger partial charge in [-0.25, -0.2) is 5.53 Å². The first-order valence-electron chi connectivity index (χ1n) is 2.56. The summed E-state index contributed by atoms with van der Waals surface area (Å²) in [5.41, 5.74) is 7.35. The molecule has 9 heavy (non-hydrogen) atoms. The monoisotopic (exact) mass is 138 g/mol. The molecule has 1 atom stereocenters. The molecule has 0 fully saturated rings. The molecule has 0 saturated carbocycles. The Morgan fingerprint density at radius 3 is 2.67 bits per heavy atom. The number of hydrogen-bond donors (Lipinski definition) is 1. The zero-order chi connectivity index (χ0) is 6.69. The molecule has 1 aromatic rings. The normalized spacial score (nSPS) is 9.00. The van der Waals surface area contributed by atoms with E-state index in [1.165, 1.54) is 0 Å². The van der Waals surface area contributed by atoms with Crippen molar-refractivity contribution in [3.8, 4) is 0 Å². The lowest BCUT2D eigenvalue weighted by Crippen LogP contribution is -1.84. The molecule has 46 valence electrons. The highest BCUT2D eigenvalue weighted by Gasteiger charge is 1.85. The van der Waals surface area contributed by atoms with E-state index >= 15 is 0 Å². The van der Waals surface area contributed by atoms with Crippen molar-refractivity contribution in [3.63, 3.8) is 0 Å². The van der Waals surface area contributed by atoms with Gasteiger partial charge in [-0.15, -0.1) is 9.24 Å². The molecule has 0 aliphatic rings. The number of benzene rings is 1. The van der Waals surface area contributed by atoms with Gasteiger partial charge in [0.1, 0.15) is 0 Å². The minimum absolute atomic E-state index is 0.697. The smallest absolute Gasteiger partial charge is 0.0856 e. The lowest BCUT2D eigenvalue weighted by molar-refractivity contribution is 1.15. The number of rotatable bonds is 1. The Morgan fingerprint density at radius 1 is 1.44 bits per heavy atom. The molecule has 1 rings (SSSR count). The Kier molecular flexibility index (Phi) is 1.91. The maximum Gasteiger partial charge on any atom is 0.0856 e. The highest BCUT2D eigenvalue weighted by Crippen LogP contribution is 2.08. The van der Waals surface area contributed by atoms with Gasteiger partial charge in [-0.1, -0.05) is 12.1 Å². The Labute approximate surface area is 56.0 Å². The molecule has 0 heterocycles. The van der Waals surface area contributed by atoms with E-state index in [9.17, 15) is 0 Å². The van der Waals surface area contributed by atoms with Gasteiger partial charge in [0.15, 0.2) is 0 Å². The molecule has 3 heteroatoms. The van der Waals surface area contributed by atoms with Gasteiger partial charge in [0.05, 0.1) is 5.69 Å². The fraction of sp³-hybridized carbons (Fsp3) is 0. The quantitative estimate of drug-likeness (QED) is 0.454. The number of hydrogen-bond acceptors (Lipinski definition) is 2. The van der Waals surface area contributed by atoms with E-state index in [-0.39, 0.29) is 0 Å². The van der Waals surface area contributed by atoms with Crippen LogP contribution in [-0.2, 0) is 0 Å². The fourth-order valence-corrected chi connectivity index (χ4v) is 0.876. The van der Waals surface area contributed by atoms with Crippen molar-refractivity contribution < 1.29 is 0 Å². The molecule has 1 aromatic carbocycles. The van der Waals surface area contributed by atoms with Crippen molar-refractivity contribution in [2.24, 2.45) is 5.11 Å². The zero-order valence-corrected chi connectivity index (χ0v) is 5.99. The molecule has 0 saturated heterocycles. The van der Waals surface area contributed by atoms with E-state index in [1.807, 2.05) is 18.2 Å². The van der Waals surface area contributed by atoms with Crippen LogP contribution in [0.15, 0.2) is 29.4 Å². The van der Waals surface area contributed by atoms with Crippen LogP contribution in [0.3, 0.4) is 0 Å². The number of nitrogens with zero attached hydrogens (tertiary/aromatic N) is 1. The van der Waals surface area contributed by atoms with Crippen LogP contribution in [0, 0.1) is 5.53 Å². The molecular weight excluding hydrogens is 131 g/mol. The van der Waals surface area contributed by atoms with E-state index in [2.05, 4.69) is 14.4 Å².